The van der Waals surface area contributed by atoms with Gasteiger partial charge in [-0.25, -0.2) is 8.78 Å². The summed E-state index contributed by atoms with van der Waals surface area (Å²) in [4.78, 5) is 0. The number of nitrogens with one attached hydrogen (secondary N) is 1. The Balaban J connectivity index is 2.17. The van der Waals surface area contributed by atoms with Crippen molar-refractivity contribution in [3.8, 4) is 11.5 Å². The number of halogens is 2. The van der Waals surface area contributed by atoms with Crippen LogP contribution < -0.4 is 10.1 Å². The van der Waals surface area contributed by atoms with Crippen LogP contribution in [-0.2, 0) is 6.54 Å². The molecule has 0 saturated carbocycles. The average Bonchev–Trinajstić information content (AvgIpc) is 2.35. The molecule has 4 heteroatoms. The Labute approximate surface area is 111 Å². The maximum absolute atomic E-state index is 13.5. The normalized spacial score (nSPS) is 10.5. The Hall–Kier alpha value is -1.94. The Morgan fingerprint density at radius 1 is 1.00 bits per heavy atom. The number of benzene rings is 2. The van der Waals surface area contributed by atoms with E-state index in [0.717, 1.165) is 12.1 Å². The van der Waals surface area contributed by atoms with E-state index in [1.807, 2.05) is 6.92 Å². The lowest BCUT2D eigenvalue weighted by molar-refractivity contribution is 0.470. The molecule has 0 atom stereocenters. The topological polar surface area (TPSA) is 21.3 Å². The fourth-order valence-electron chi connectivity index (χ4n) is 1.72. The smallest absolute Gasteiger partial charge is 0.130 e. The third-order valence-corrected chi connectivity index (χ3v) is 2.54. The molecule has 1 N–H and O–H groups in total. The quantitative estimate of drug-likeness (QED) is 0.884. The van der Waals surface area contributed by atoms with E-state index >= 15 is 0 Å². The molecule has 0 saturated heterocycles. The van der Waals surface area contributed by atoms with Gasteiger partial charge in [0.25, 0.3) is 0 Å². The molecule has 0 aromatic heterocycles. The van der Waals surface area contributed by atoms with Crippen LogP contribution in [0.3, 0.4) is 0 Å². The van der Waals surface area contributed by atoms with Crippen molar-refractivity contribution in [2.75, 3.05) is 6.54 Å². The van der Waals surface area contributed by atoms with Crippen molar-refractivity contribution < 1.29 is 13.5 Å². The minimum Gasteiger partial charge on any atom is -0.457 e. The zero-order valence-corrected chi connectivity index (χ0v) is 10.6. The highest BCUT2D eigenvalue weighted by atomic mass is 19.1. The number of hydrogen-bond acceptors (Lipinski definition) is 2. The molecule has 0 aliphatic carbocycles. The van der Waals surface area contributed by atoms with Crippen molar-refractivity contribution in [3.63, 3.8) is 0 Å². The van der Waals surface area contributed by atoms with Crippen LogP contribution in [0.1, 0.15) is 12.5 Å². The number of rotatable bonds is 5. The predicted octanol–water partition coefficient (Wildman–Crippen LogP) is 3.87. The Kier molecular flexibility index (Phi) is 4.47. The molecular formula is C15H15F2NO. The summed E-state index contributed by atoms with van der Waals surface area (Å²) in [7, 11) is 0. The van der Waals surface area contributed by atoms with E-state index in [1.165, 1.54) is 24.3 Å². The summed E-state index contributed by atoms with van der Waals surface area (Å²) < 4.78 is 31.9. The van der Waals surface area contributed by atoms with Crippen molar-refractivity contribution in [1.82, 2.24) is 5.32 Å². The van der Waals surface area contributed by atoms with Gasteiger partial charge in [0.05, 0.1) is 0 Å². The molecular weight excluding hydrogens is 248 g/mol. The summed E-state index contributed by atoms with van der Waals surface area (Å²) in [6, 6.07) is 10.2. The van der Waals surface area contributed by atoms with Gasteiger partial charge in [-0.1, -0.05) is 13.0 Å². The van der Waals surface area contributed by atoms with E-state index in [-0.39, 0.29) is 11.6 Å². The van der Waals surface area contributed by atoms with Crippen LogP contribution in [0.4, 0.5) is 8.78 Å². The van der Waals surface area contributed by atoms with E-state index in [0.29, 0.717) is 18.0 Å². The lowest BCUT2D eigenvalue weighted by Gasteiger charge is -2.09. The highest BCUT2D eigenvalue weighted by molar-refractivity contribution is 5.34. The van der Waals surface area contributed by atoms with Crippen LogP contribution in [0.2, 0.25) is 0 Å². The lowest BCUT2D eigenvalue weighted by Crippen LogP contribution is -2.11. The monoisotopic (exact) mass is 263 g/mol. The van der Waals surface area contributed by atoms with Crippen LogP contribution in [0.5, 0.6) is 11.5 Å². The third-order valence-electron chi connectivity index (χ3n) is 2.54. The van der Waals surface area contributed by atoms with Crippen molar-refractivity contribution in [2.24, 2.45) is 0 Å². The molecule has 0 spiro atoms. The lowest BCUT2D eigenvalue weighted by atomic mass is 10.2. The first-order chi connectivity index (χ1) is 9.17. The SMILES string of the molecule is CCNCc1cc(F)cc(Oc2cccc(F)c2)c1. The second kappa shape index (κ2) is 6.29. The summed E-state index contributed by atoms with van der Waals surface area (Å²) >= 11 is 0. The minimum absolute atomic E-state index is 0.347. The molecule has 0 aliphatic heterocycles. The van der Waals surface area contributed by atoms with Crippen LogP contribution in [0.15, 0.2) is 42.5 Å². The molecule has 0 heterocycles. The molecule has 19 heavy (non-hydrogen) atoms. The van der Waals surface area contributed by atoms with E-state index in [2.05, 4.69) is 5.32 Å². The molecule has 2 aromatic rings. The minimum atomic E-state index is -0.387. The molecule has 0 amide bonds. The Bertz CT molecular complexity index is 558. The third kappa shape index (κ3) is 4.03. The van der Waals surface area contributed by atoms with Gasteiger partial charge in [0.1, 0.15) is 23.1 Å². The summed E-state index contributed by atoms with van der Waals surface area (Å²) in [5, 5.41) is 3.11. The van der Waals surface area contributed by atoms with E-state index in [4.69, 9.17) is 4.74 Å². The van der Waals surface area contributed by atoms with Crippen molar-refractivity contribution in [2.45, 2.75) is 13.5 Å². The highest BCUT2D eigenvalue weighted by Gasteiger charge is 2.04. The molecule has 2 aromatic carbocycles. The molecule has 0 aliphatic rings. The molecule has 2 nitrogen and oxygen atoms in total. The van der Waals surface area contributed by atoms with Crippen LogP contribution >= 0.6 is 0 Å². The number of ether oxygens (including phenoxy) is 1. The first-order valence-electron chi connectivity index (χ1n) is 6.11. The number of hydrogen-bond donors (Lipinski definition) is 1. The first kappa shape index (κ1) is 13.5. The van der Waals surface area contributed by atoms with Gasteiger partial charge in [0.2, 0.25) is 0 Å². The molecule has 100 valence electrons. The van der Waals surface area contributed by atoms with Crippen LogP contribution in [0, 0.1) is 11.6 Å². The second-order valence-corrected chi connectivity index (χ2v) is 4.13. The average molecular weight is 263 g/mol. The molecule has 0 bridgehead atoms. The summed E-state index contributed by atoms with van der Waals surface area (Å²) in [6.45, 7) is 3.34. The van der Waals surface area contributed by atoms with E-state index in [1.54, 1.807) is 18.2 Å². The largest absolute Gasteiger partial charge is 0.457 e. The van der Waals surface area contributed by atoms with Gasteiger partial charge in [0.15, 0.2) is 0 Å². The summed E-state index contributed by atoms with van der Waals surface area (Å²) in [6.07, 6.45) is 0. The standard InChI is InChI=1S/C15H15F2NO/c1-2-18-10-11-6-13(17)9-15(7-11)19-14-5-3-4-12(16)8-14/h3-9,18H,2,10H2,1H3. The van der Waals surface area contributed by atoms with Crippen LogP contribution in [-0.4, -0.2) is 6.54 Å². The van der Waals surface area contributed by atoms with Gasteiger partial charge in [-0.15, -0.1) is 0 Å². The Morgan fingerprint density at radius 3 is 2.53 bits per heavy atom. The molecule has 2 rings (SSSR count). The predicted molar refractivity (Wildman–Crippen MR) is 70.3 cm³/mol. The zero-order chi connectivity index (χ0) is 13.7. The fraction of sp³-hybridized carbons (Fsp3) is 0.200. The summed E-state index contributed by atoms with van der Waals surface area (Å²) in [5.74, 6) is -0.0536. The van der Waals surface area contributed by atoms with Gasteiger partial charge >= 0.3 is 0 Å². The van der Waals surface area contributed by atoms with Crippen molar-refractivity contribution in [1.29, 1.82) is 0 Å². The molecule has 0 radical (unpaired) electrons. The second-order valence-electron chi connectivity index (χ2n) is 4.13. The van der Waals surface area contributed by atoms with Gasteiger partial charge < -0.3 is 10.1 Å². The van der Waals surface area contributed by atoms with Gasteiger partial charge in [-0.3, -0.25) is 0 Å². The van der Waals surface area contributed by atoms with Crippen molar-refractivity contribution in [3.05, 3.63) is 59.7 Å². The van der Waals surface area contributed by atoms with E-state index < -0.39 is 0 Å². The Morgan fingerprint density at radius 2 is 1.79 bits per heavy atom. The van der Waals surface area contributed by atoms with Crippen LogP contribution in [0.25, 0.3) is 0 Å². The zero-order valence-electron chi connectivity index (χ0n) is 10.6. The first-order valence-corrected chi connectivity index (χ1v) is 6.11. The fourth-order valence-corrected chi connectivity index (χ4v) is 1.72. The molecule has 0 unspecified atom stereocenters. The highest BCUT2D eigenvalue weighted by Crippen LogP contribution is 2.24. The van der Waals surface area contributed by atoms with Gasteiger partial charge in [-0.2, -0.15) is 0 Å². The van der Waals surface area contributed by atoms with Gasteiger partial charge in [-0.05, 0) is 36.4 Å². The summed E-state index contributed by atoms with van der Waals surface area (Å²) in [5.41, 5.74) is 0.785. The van der Waals surface area contributed by atoms with Gasteiger partial charge in [0, 0.05) is 18.7 Å². The maximum Gasteiger partial charge on any atom is 0.130 e. The maximum atomic E-state index is 13.5. The molecule has 0 fully saturated rings. The van der Waals surface area contributed by atoms with Crippen molar-refractivity contribution >= 4 is 0 Å². The van der Waals surface area contributed by atoms with E-state index in [9.17, 15) is 8.78 Å².